The van der Waals surface area contributed by atoms with E-state index in [0.717, 1.165) is 26.2 Å². The summed E-state index contributed by atoms with van der Waals surface area (Å²) in [6.45, 7) is 3.99. The summed E-state index contributed by atoms with van der Waals surface area (Å²) in [4.78, 5) is 4.23. The molecule has 0 radical (unpaired) electrons. The van der Waals surface area contributed by atoms with Crippen molar-refractivity contribution in [2.75, 3.05) is 13.1 Å². The molecule has 1 aliphatic heterocycles. The van der Waals surface area contributed by atoms with Gasteiger partial charge in [0, 0.05) is 49.8 Å². The zero-order valence-electron chi connectivity index (χ0n) is 9.08. The molecule has 0 amide bonds. The second kappa shape index (κ2) is 4.09. The third-order valence-corrected chi connectivity index (χ3v) is 3.07. The molecule has 5 heteroatoms. The fourth-order valence-corrected chi connectivity index (χ4v) is 2.00. The summed E-state index contributed by atoms with van der Waals surface area (Å²) in [5.74, 6) is 0.639. The van der Waals surface area contributed by atoms with Crippen molar-refractivity contribution in [1.82, 2.24) is 24.6 Å². The molecule has 0 bridgehead atoms. The van der Waals surface area contributed by atoms with E-state index >= 15 is 0 Å². The fourth-order valence-electron chi connectivity index (χ4n) is 2.00. The molecule has 1 N–H and O–H groups in total. The van der Waals surface area contributed by atoms with Crippen molar-refractivity contribution in [2.45, 2.75) is 19.0 Å². The van der Waals surface area contributed by atoms with Crippen molar-refractivity contribution in [3.63, 3.8) is 0 Å². The van der Waals surface area contributed by atoms with Gasteiger partial charge >= 0.3 is 0 Å². The van der Waals surface area contributed by atoms with Gasteiger partial charge in [-0.2, -0.15) is 5.10 Å². The highest BCUT2D eigenvalue weighted by atomic mass is 15.3. The molecule has 1 fully saturated rings. The fraction of sp³-hybridized carbons (Fsp3) is 0.455. The van der Waals surface area contributed by atoms with Crippen molar-refractivity contribution < 1.29 is 0 Å². The Hall–Kier alpha value is -1.62. The predicted octanol–water partition coefficient (Wildman–Crippen LogP) is 0.467. The van der Waals surface area contributed by atoms with E-state index in [-0.39, 0.29) is 0 Å². The van der Waals surface area contributed by atoms with Crippen LogP contribution >= 0.6 is 0 Å². The normalized spacial score (nSPS) is 16.2. The highest BCUT2D eigenvalue weighted by molar-refractivity contribution is 5.11. The lowest BCUT2D eigenvalue weighted by molar-refractivity contribution is 0.415. The average Bonchev–Trinajstić information content (AvgIpc) is 2.82. The first kappa shape index (κ1) is 9.59. The standard InChI is InChI=1S/C11H15N5/c1-2-14-16(3-1)5-4-15-9-13-8-11(15)10-6-12-7-10/h1-3,8-10,12H,4-7H2. The van der Waals surface area contributed by atoms with Crippen LogP contribution in [0.4, 0.5) is 0 Å². The summed E-state index contributed by atoms with van der Waals surface area (Å²) in [6.07, 6.45) is 7.69. The van der Waals surface area contributed by atoms with Crippen molar-refractivity contribution in [3.05, 3.63) is 36.7 Å². The van der Waals surface area contributed by atoms with E-state index in [1.165, 1.54) is 5.69 Å². The van der Waals surface area contributed by atoms with Gasteiger partial charge in [0.25, 0.3) is 0 Å². The van der Waals surface area contributed by atoms with Crippen LogP contribution in [-0.2, 0) is 13.1 Å². The van der Waals surface area contributed by atoms with Gasteiger partial charge in [-0.1, -0.05) is 0 Å². The number of nitrogens with zero attached hydrogens (tertiary/aromatic N) is 4. The Kier molecular flexibility index (Phi) is 2.46. The van der Waals surface area contributed by atoms with Crippen LogP contribution in [0, 0.1) is 0 Å². The number of hydrogen-bond donors (Lipinski definition) is 1. The summed E-state index contributed by atoms with van der Waals surface area (Å²) >= 11 is 0. The Morgan fingerprint density at radius 3 is 3.00 bits per heavy atom. The van der Waals surface area contributed by atoms with Crippen LogP contribution in [0.1, 0.15) is 11.6 Å². The lowest BCUT2D eigenvalue weighted by Crippen LogP contribution is -2.41. The molecule has 1 aliphatic rings. The first-order valence-electron chi connectivity index (χ1n) is 5.61. The number of rotatable bonds is 4. The lowest BCUT2D eigenvalue weighted by atomic mass is 10.00. The Labute approximate surface area is 94.1 Å². The molecular formula is C11H15N5. The zero-order chi connectivity index (χ0) is 10.8. The molecule has 2 aromatic rings. The molecule has 3 heterocycles. The van der Waals surface area contributed by atoms with Crippen molar-refractivity contribution in [2.24, 2.45) is 0 Å². The molecule has 2 aromatic heterocycles. The molecule has 0 saturated carbocycles. The largest absolute Gasteiger partial charge is 0.332 e. The maximum absolute atomic E-state index is 4.23. The zero-order valence-corrected chi connectivity index (χ0v) is 9.08. The molecule has 16 heavy (non-hydrogen) atoms. The molecule has 0 spiro atoms. The minimum absolute atomic E-state index is 0.639. The molecule has 1 saturated heterocycles. The average molecular weight is 217 g/mol. The molecule has 0 aromatic carbocycles. The smallest absolute Gasteiger partial charge is 0.0948 e. The topological polar surface area (TPSA) is 47.7 Å². The summed E-state index contributed by atoms with van der Waals surface area (Å²) in [5.41, 5.74) is 1.34. The van der Waals surface area contributed by atoms with Gasteiger partial charge in [-0.25, -0.2) is 4.98 Å². The van der Waals surface area contributed by atoms with Gasteiger partial charge in [-0.15, -0.1) is 0 Å². The predicted molar refractivity (Wildman–Crippen MR) is 60.1 cm³/mol. The molecule has 0 atom stereocenters. The Morgan fingerprint density at radius 1 is 1.38 bits per heavy atom. The molecule has 0 aliphatic carbocycles. The van der Waals surface area contributed by atoms with Gasteiger partial charge in [0.2, 0.25) is 0 Å². The minimum atomic E-state index is 0.639. The van der Waals surface area contributed by atoms with Crippen molar-refractivity contribution >= 4 is 0 Å². The van der Waals surface area contributed by atoms with Gasteiger partial charge in [-0.3, -0.25) is 4.68 Å². The molecular weight excluding hydrogens is 202 g/mol. The van der Waals surface area contributed by atoms with E-state index in [1.54, 1.807) is 0 Å². The Bertz CT molecular complexity index is 441. The number of hydrogen-bond acceptors (Lipinski definition) is 3. The van der Waals surface area contributed by atoms with Crippen LogP contribution in [0.15, 0.2) is 31.0 Å². The number of aromatic nitrogens is 4. The lowest BCUT2D eigenvalue weighted by Gasteiger charge is -2.27. The number of nitrogens with one attached hydrogen (secondary N) is 1. The maximum Gasteiger partial charge on any atom is 0.0948 e. The molecule has 0 unspecified atom stereocenters. The monoisotopic (exact) mass is 217 g/mol. The van der Waals surface area contributed by atoms with E-state index in [4.69, 9.17) is 0 Å². The number of aryl methyl sites for hydroxylation is 2. The van der Waals surface area contributed by atoms with Crippen LogP contribution in [0.5, 0.6) is 0 Å². The van der Waals surface area contributed by atoms with Gasteiger partial charge in [-0.05, 0) is 6.07 Å². The van der Waals surface area contributed by atoms with E-state index in [2.05, 4.69) is 20.0 Å². The van der Waals surface area contributed by atoms with E-state index < -0.39 is 0 Å². The van der Waals surface area contributed by atoms with Gasteiger partial charge in [0.05, 0.1) is 12.9 Å². The van der Waals surface area contributed by atoms with Gasteiger partial charge in [0.15, 0.2) is 0 Å². The first-order chi connectivity index (χ1) is 7.93. The summed E-state index contributed by atoms with van der Waals surface area (Å²) < 4.78 is 4.18. The van der Waals surface area contributed by atoms with E-state index in [9.17, 15) is 0 Å². The van der Waals surface area contributed by atoms with E-state index in [1.807, 2.05) is 35.7 Å². The Balaban J connectivity index is 1.67. The Morgan fingerprint density at radius 2 is 2.31 bits per heavy atom. The second-order valence-electron chi connectivity index (χ2n) is 4.14. The first-order valence-corrected chi connectivity index (χ1v) is 5.61. The van der Waals surface area contributed by atoms with Crippen LogP contribution in [0.3, 0.4) is 0 Å². The van der Waals surface area contributed by atoms with Crippen LogP contribution in [-0.4, -0.2) is 32.4 Å². The van der Waals surface area contributed by atoms with E-state index in [0.29, 0.717) is 5.92 Å². The summed E-state index contributed by atoms with van der Waals surface area (Å²) in [5, 5.41) is 7.48. The van der Waals surface area contributed by atoms with Gasteiger partial charge in [0.1, 0.15) is 0 Å². The van der Waals surface area contributed by atoms with Crippen LogP contribution < -0.4 is 5.32 Å². The number of imidazole rings is 1. The molecule has 84 valence electrons. The summed E-state index contributed by atoms with van der Waals surface area (Å²) in [6, 6.07) is 1.95. The third-order valence-electron chi connectivity index (χ3n) is 3.07. The molecule has 3 rings (SSSR count). The second-order valence-corrected chi connectivity index (χ2v) is 4.14. The third kappa shape index (κ3) is 1.74. The van der Waals surface area contributed by atoms with Crippen molar-refractivity contribution in [1.29, 1.82) is 0 Å². The summed E-state index contributed by atoms with van der Waals surface area (Å²) in [7, 11) is 0. The van der Waals surface area contributed by atoms with Crippen LogP contribution in [0.2, 0.25) is 0 Å². The highest BCUT2D eigenvalue weighted by Crippen LogP contribution is 2.19. The molecule has 5 nitrogen and oxygen atoms in total. The van der Waals surface area contributed by atoms with Crippen LogP contribution in [0.25, 0.3) is 0 Å². The SMILES string of the molecule is c1cnn(CCn2cncc2C2CNC2)c1. The quantitative estimate of drug-likeness (QED) is 0.809. The van der Waals surface area contributed by atoms with Gasteiger partial charge < -0.3 is 9.88 Å². The minimum Gasteiger partial charge on any atom is -0.332 e. The highest BCUT2D eigenvalue weighted by Gasteiger charge is 2.21. The van der Waals surface area contributed by atoms with Crippen molar-refractivity contribution in [3.8, 4) is 0 Å². The maximum atomic E-state index is 4.23.